The van der Waals surface area contributed by atoms with Crippen molar-refractivity contribution in [2.45, 2.75) is 50.3 Å². The van der Waals surface area contributed by atoms with Crippen LogP contribution < -0.4 is 10.3 Å². The number of rotatable bonds is 10. The lowest BCUT2D eigenvalue weighted by molar-refractivity contribution is 0.302. The van der Waals surface area contributed by atoms with E-state index in [1.165, 1.54) is 0 Å². The molecule has 0 radical (unpaired) electrons. The number of aromatic nitrogens is 1. The van der Waals surface area contributed by atoms with Crippen molar-refractivity contribution in [3.63, 3.8) is 0 Å². The van der Waals surface area contributed by atoms with Gasteiger partial charge in [0.15, 0.2) is 8.32 Å². The minimum Gasteiger partial charge on any atom is -0.487 e. The minimum atomic E-state index is -1.66. The monoisotopic (exact) mass is 487 g/mol. The van der Waals surface area contributed by atoms with Crippen LogP contribution in [0.4, 0.5) is 0 Å². The van der Waals surface area contributed by atoms with Gasteiger partial charge in [0.05, 0.1) is 17.0 Å². The molecule has 6 heteroatoms. The zero-order valence-corrected chi connectivity index (χ0v) is 20.5. The standard InChI is InChI=1S/C24H30BrNO3Si/c1-4-30(5-2,6-3)29-17-21(25)19-12-14-22(24-20(19)13-15-23(27)26-24)28-16-18-10-8-7-9-11-18/h7-15,21H,4-6,16-17H2,1-3H3,(H,26,27). The fourth-order valence-electron chi connectivity index (χ4n) is 3.77. The normalized spacial score (nSPS) is 12.8. The molecule has 1 atom stereocenters. The summed E-state index contributed by atoms with van der Waals surface area (Å²) in [7, 11) is -1.66. The largest absolute Gasteiger partial charge is 0.487 e. The molecule has 1 N–H and O–H groups in total. The number of H-pyrrole nitrogens is 1. The van der Waals surface area contributed by atoms with E-state index in [1.54, 1.807) is 6.07 Å². The van der Waals surface area contributed by atoms with Gasteiger partial charge in [-0.2, -0.15) is 0 Å². The Morgan fingerprint density at radius 3 is 2.33 bits per heavy atom. The van der Waals surface area contributed by atoms with Crippen molar-refractivity contribution in [1.29, 1.82) is 0 Å². The van der Waals surface area contributed by atoms with E-state index in [0.717, 1.165) is 40.2 Å². The highest BCUT2D eigenvalue weighted by atomic mass is 79.9. The predicted octanol–water partition coefficient (Wildman–Crippen LogP) is 6.56. The molecule has 1 aromatic heterocycles. The zero-order chi connectivity index (χ0) is 21.6. The van der Waals surface area contributed by atoms with E-state index in [1.807, 2.05) is 42.5 Å². The maximum Gasteiger partial charge on any atom is 0.248 e. The van der Waals surface area contributed by atoms with Crippen LogP contribution in [0, 0.1) is 0 Å². The number of fused-ring (bicyclic) bond motifs is 1. The van der Waals surface area contributed by atoms with Gasteiger partial charge >= 0.3 is 0 Å². The molecule has 0 amide bonds. The first-order valence-corrected chi connectivity index (χ1v) is 14.1. The summed E-state index contributed by atoms with van der Waals surface area (Å²) in [5, 5.41) is 0.974. The van der Waals surface area contributed by atoms with Gasteiger partial charge in [-0.3, -0.25) is 4.79 Å². The maximum atomic E-state index is 12.0. The second-order valence-corrected chi connectivity index (χ2v) is 13.4. The van der Waals surface area contributed by atoms with Crippen molar-refractivity contribution in [2.24, 2.45) is 0 Å². The van der Waals surface area contributed by atoms with Crippen LogP contribution in [0.2, 0.25) is 18.1 Å². The van der Waals surface area contributed by atoms with Crippen LogP contribution in [0.15, 0.2) is 59.4 Å². The number of benzene rings is 2. The molecule has 0 aliphatic heterocycles. The molecule has 1 heterocycles. The highest BCUT2D eigenvalue weighted by Crippen LogP contribution is 2.35. The summed E-state index contributed by atoms with van der Waals surface area (Å²) in [5.74, 6) is 0.676. The molecule has 30 heavy (non-hydrogen) atoms. The first kappa shape index (κ1) is 22.8. The highest BCUT2D eigenvalue weighted by molar-refractivity contribution is 9.09. The maximum absolute atomic E-state index is 12.0. The highest BCUT2D eigenvalue weighted by Gasteiger charge is 2.29. The average Bonchev–Trinajstić information content (AvgIpc) is 2.79. The van der Waals surface area contributed by atoms with Crippen molar-refractivity contribution in [3.05, 3.63) is 76.1 Å². The van der Waals surface area contributed by atoms with E-state index in [0.29, 0.717) is 19.0 Å². The third-order valence-electron chi connectivity index (χ3n) is 5.93. The molecule has 0 bridgehead atoms. The quantitative estimate of drug-likeness (QED) is 0.260. The first-order valence-electron chi connectivity index (χ1n) is 10.6. The van der Waals surface area contributed by atoms with E-state index in [4.69, 9.17) is 9.16 Å². The van der Waals surface area contributed by atoms with Gasteiger partial charge in [0.1, 0.15) is 12.4 Å². The van der Waals surface area contributed by atoms with Gasteiger partial charge in [-0.1, -0.05) is 73.1 Å². The number of aromatic amines is 1. The van der Waals surface area contributed by atoms with Gasteiger partial charge in [0, 0.05) is 11.5 Å². The fourth-order valence-corrected chi connectivity index (χ4v) is 7.18. The Bertz CT molecular complexity index is 1010. The van der Waals surface area contributed by atoms with Crippen molar-refractivity contribution < 1.29 is 9.16 Å². The number of halogens is 1. The summed E-state index contributed by atoms with van der Waals surface area (Å²) in [6.07, 6.45) is 0. The third kappa shape index (κ3) is 5.23. The van der Waals surface area contributed by atoms with Crippen LogP contribution in [0.1, 0.15) is 36.7 Å². The van der Waals surface area contributed by atoms with Crippen LogP contribution in [0.3, 0.4) is 0 Å². The smallest absolute Gasteiger partial charge is 0.248 e. The molecular weight excluding hydrogens is 458 g/mol. The number of pyridine rings is 1. The second-order valence-electron chi connectivity index (χ2n) is 7.56. The number of alkyl halides is 1. The number of hydrogen-bond acceptors (Lipinski definition) is 3. The van der Waals surface area contributed by atoms with Gasteiger partial charge in [-0.15, -0.1) is 0 Å². The van der Waals surface area contributed by atoms with E-state index >= 15 is 0 Å². The lowest BCUT2D eigenvalue weighted by Crippen LogP contribution is -2.36. The molecule has 0 spiro atoms. The van der Waals surface area contributed by atoms with Crippen LogP contribution in [-0.2, 0) is 11.0 Å². The molecule has 160 valence electrons. The van der Waals surface area contributed by atoms with Crippen LogP contribution in [0.5, 0.6) is 5.75 Å². The van der Waals surface area contributed by atoms with Crippen molar-refractivity contribution in [1.82, 2.24) is 4.98 Å². The molecule has 1 unspecified atom stereocenters. The third-order valence-corrected chi connectivity index (χ3v) is 11.3. The minimum absolute atomic E-state index is 0.0469. The average molecular weight is 488 g/mol. The summed E-state index contributed by atoms with van der Waals surface area (Å²) in [6, 6.07) is 20.8. The molecule has 3 rings (SSSR count). The summed E-state index contributed by atoms with van der Waals surface area (Å²) in [6.45, 7) is 7.79. The Balaban J connectivity index is 1.86. The summed E-state index contributed by atoms with van der Waals surface area (Å²) in [4.78, 5) is 15.0. The van der Waals surface area contributed by atoms with Gasteiger partial charge in [-0.05, 0) is 41.4 Å². The van der Waals surface area contributed by atoms with Crippen molar-refractivity contribution in [2.75, 3.05) is 6.61 Å². The van der Waals surface area contributed by atoms with Crippen LogP contribution in [0.25, 0.3) is 10.9 Å². The Labute approximate surface area is 187 Å². The van der Waals surface area contributed by atoms with Gasteiger partial charge in [-0.25, -0.2) is 0 Å². The zero-order valence-electron chi connectivity index (χ0n) is 17.9. The van der Waals surface area contributed by atoms with E-state index in [9.17, 15) is 4.79 Å². The van der Waals surface area contributed by atoms with Gasteiger partial charge in [0.2, 0.25) is 5.56 Å². The summed E-state index contributed by atoms with van der Waals surface area (Å²) >= 11 is 3.83. The Kier molecular flexibility index (Phi) is 7.91. The Morgan fingerprint density at radius 1 is 0.967 bits per heavy atom. The Morgan fingerprint density at radius 2 is 1.67 bits per heavy atom. The SMILES string of the molecule is CC[Si](CC)(CC)OCC(Br)c1ccc(OCc2ccccc2)c2[nH]c(=O)ccc12. The van der Waals surface area contributed by atoms with Gasteiger partial charge in [0.25, 0.3) is 0 Å². The van der Waals surface area contributed by atoms with Crippen LogP contribution in [-0.4, -0.2) is 19.9 Å². The number of nitrogens with one attached hydrogen (secondary N) is 1. The van der Waals surface area contributed by atoms with Crippen molar-refractivity contribution >= 4 is 35.2 Å². The lowest BCUT2D eigenvalue weighted by atomic mass is 10.1. The molecule has 0 saturated heterocycles. The van der Waals surface area contributed by atoms with E-state index in [-0.39, 0.29) is 10.4 Å². The van der Waals surface area contributed by atoms with E-state index < -0.39 is 8.32 Å². The molecule has 0 aliphatic rings. The van der Waals surface area contributed by atoms with E-state index in [2.05, 4.69) is 47.8 Å². The van der Waals surface area contributed by atoms with Crippen molar-refractivity contribution in [3.8, 4) is 5.75 Å². The molecule has 2 aromatic carbocycles. The fraction of sp³-hybridized carbons (Fsp3) is 0.375. The first-order chi connectivity index (χ1) is 14.5. The van der Waals surface area contributed by atoms with Gasteiger partial charge < -0.3 is 14.1 Å². The summed E-state index contributed by atoms with van der Waals surface area (Å²) in [5.41, 5.74) is 2.77. The second kappa shape index (κ2) is 10.4. The summed E-state index contributed by atoms with van der Waals surface area (Å²) < 4.78 is 12.5. The number of ether oxygens (including phenoxy) is 1. The molecule has 4 nitrogen and oxygen atoms in total. The predicted molar refractivity (Wildman–Crippen MR) is 130 cm³/mol. The topological polar surface area (TPSA) is 51.3 Å². The number of hydrogen-bond donors (Lipinski definition) is 1. The molecule has 0 fully saturated rings. The molecule has 3 aromatic rings. The lowest BCUT2D eigenvalue weighted by Gasteiger charge is -2.29. The molecular formula is C24H30BrNO3Si. The Hall–Kier alpha value is -1.89. The molecule has 0 saturated carbocycles. The van der Waals surface area contributed by atoms with Crippen LogP contribution >= 0.6 is 15.9 Å². The molecule has 0 aliphatic carbocycles.